The number of rotatable bonds is 8. The van der Waals surface area contributed by atoms with Crippen molar-refractivity contribution in [2.24, 2.45) is 17.1 Å². The standard InChI is InChI=1S/C14H24N2O4.C2H5N2O.W/c1-4-14(3,5-2)10-8-12(19)16(13(10)20)7-6-11(18)15-9-17;3-1-2(4)5;/h10,17H,4-9H2,1-3H3,(H,15,18);3H,1H2,(H2,4,5);/q;-1;. The maximum absolute atomic E-state index is 12.4. The van der Waals surface area contributed by atoms with Gasteiger partial charge in [0.25, 0.3) is 0 Å². The summed E-state index contributed by atoms with van der Waals surface area (Å²) in [5.41, 5.74) is 10.5. The number of imide groups is 1. The van der Waals surface area contributed by atoms with Crippen molar-refractivity contribution in [1.82, 2.24) is 10.2 Å². The predicted molar refractivity (Wildman–Crippen MR) is 91.7 cm³/mol. The van der Waals surface area contributed by atoms with E-state index in [2.05, 4.69) is 11.1 Å². The first-order valence-electron chi connectivity index (χ1n) is 8.31. The van der Waals surface area contributed by atoms with Crippen molar-refractivity contribution in [3.63, 3.8) is 0 Å². The van der Waals surface area contributed by atoms with Gasteiger partial charge in [-0.3, -0.25) is 24.1 Å². The van der Waals surface area contributed by atoms with E-state index in [9.17, 15) is 19.2 Å². The van der Waals surface area contributed by atoms with E-state index in [0.29, 0.717) is 0 Å². The van der Waals surface area contributed by atoms with Gasteiger partial charge in [-0.25, -0.2) is 0 Å². The van der Waals surface area contributed by atoms with Crippen molar-refractivity contribution >= 4 is 23.6 Å². The molecule has 1 aliphatic rings. The molecule has 4 amide bonds. The van der Waals surface area contributed by atoms with Crippen molar-refractivity contribution in [2.75, 3.05) is 19.8 Å². The Hall–Kier alpha value is -1.31. The van der Waals surface area contributed by atoms with Gasteiger partial charge in [-0.15, -0.1) is 0 Å². The number of amides is 4. The third kappa shape index (κ3) is 7.93. The number of likely N-dealkylation sites (tertiary alicyclic amines) is 1. The fourth-order valence-electron chi connectivity index (χ4n) is 2.60. The molecule has 150 valence electrons. The second-order valence-corrected chi connectivity index (χ2v) is 6.15. The van der Waals surface area contributed by atoms with Crippen molar-refractivity contribution in [3.8, 4) is 0 Å². The molecule has 10 heteroatoms. The minimum absolute atomic E-state index is 0. The molecule has 5 N–H and O–H groups in total. The van der Waals surface area contributed by atoms with Crippen molar-refractivity contribution in [2.45, 2.75) is 46.5 Å². The summed E-state index contributed by atoms with van der Waals surface area (Å²) in [4.78, 5) is 46.2. The van der Waals surface area contributed by atoms with E-state index >= 15 is 0 Å². The maximum atomic E-state index is 12.4. The molecule has 26 heavy (non-hydrogen) atoms. The quantitative estimate of drug-likeness (QED) is 0.295. The monoisotopic (exact) mass is 541 g/mol. The van der Waals surface area contributed by atoms with Crippen LogP contribution in [0.15, 0.2) is 0 Å². The van der Waals surface area contributed by atoms with Gasteiger partial charge in [-0.05, 0) is 18.3 Å². The van der Waals surface area contributed by atoms with Crippen LogP contribution in [0.1, 0.15) is 46.5 Å². The van der Waals surface area contributed by atoms with Gasteiger partial charge in [0.15, 0.2) is 5.91 Å². The molecule has 0 spiro atoms. The molecule has 0 saturated carbocycles. The van der Waals surface area contributed by atoms with Crippen molar-refractivity contribution < 1.29 is 45.3 Å². The molecule has 1 heterocycles. The summed E-state index contributed by atoms with van der Waals surface area (Å²) in [7, 11) is 0. The summed E-state index contributed by atoms with van der Waals surface area (Å²) in [5, 5.41) is 10.8. The van der Waals surface area contributed by atoms with Gasteiger partial charge < -0.3 is 21.9 Å². The first-order chi connectivity index (χ1) is 11.7. The predicted octanol–water partition coefficient (Wildman–Crippen LogP) is 0.165. The number of nitrogens with zero attached hydrogens (tertiary/aromatic N) is 1. The fourth-order valence-corrected chi connectivity index (χ4v) is 2.60. The zero-order valence-corrected chi connectivity index (χ0v) is 18.5. The van der Waals surface area contributed by atoms with Crippen LogP contribution in [-0.2, 0) is 40.2 Å². The molecule has 1 unspecified atom stereocenters. The summed E-state index contributed by atoms with van der Waals surface area (Å²) < 4.78 is 0. The van der Waals surface area contributed by atoms with Crippen LogP contribution in [0.4, 0.5) is 0 Å². The summed E-state index contributed by atoms with van der Waals surface area (Å²) in [5.74, 6) is -1.61. The molecule has 1 atom stereocenters. The van der Waals surface area contributed by atoms with E-state index in [-0.39, 0.29) is 76.1 Å². The number of primary amides is 1. The van der Waals surface area contributed by atoms with Crippen LogP contribution in [0, 0.1) is 11.3 Å². The molecule has 1 rings (SSSR count). The number of hydrogen-bond acceptors (Lipinski definition) is 5. The fraction of sp³-hybridized carbons (Fsp3) is 0.750. The zero-order valence-electron chi connectivity index (χ0n) is 15.5. The second kappa shape index (κ2) is 12.9. The molecular formula is C16H29N4O5W-. The van der Waals surface area contributed by atoms with E-state index in [0.717, 1.165) is 12.8 Å². The van der Waals surface area contributed by atoms with Gasteiger partial charge in [0.1, 0.15) is 6.73 Å². The normalized spacial score (nSPS) is 16.5. The summed E-state index contributed by atoms with van der Waals surface area (Å²) >= 11 is 0. The molecule has 0 aliphatic carbocycles. The van der Waals surface area contributed by atoms with E-state index in [1.54, 1.807) is 0 Å². The third-order valence-electron chi connectivity index (χ3n) is 4.71. The minimum Gasteiger partial charge on any atom is -0.670 e. The Labute approximate surface area is 168 Å². The molecule has 9 nitrogen and oxygen atoms in total. The zero-order chi connectivity index (χ0) is 19.6. The molecule has 0 bridgehead atoms. The van der Waals surface area contributed by atoms with Crippen LogP contribution in [0.25, 0.3) is 5.73 Å². The first kappa shape index (κ1) is 26.9. The number of nitrogens with two attached hydrogens (primary N) is 1. The van der Waals surface area contributed by atoms with Gasteiger partial charge in [0.05, 0.1) is 5.92 Å². The van der Waals surface area contributed by atoms with Crippen molar-refractivity contribution in [1.29, 1.82) is 0 Å². The molecule has 1 saturated heterocycles. The second-order valence-electron chi connectivity index (χ2n) is 6.15. The Balaban J connectivity index is 0. The smallest absolute Gasteiger partial charge is 0.233 e. The SMILES string of the molecule is CCC(C)(CC)C1CC(=O)N(CCC(=O)NCO)C1=O.[NH-]CC(N)=O.[W]. The van der Waals surface area contributed by atoms with Crippen LogP contribution < -0.4 is 11.1 Å². The van der Waals surface area contributed by atoms with Gasteiger partial charge in [-0.2, -0.15) is 0 Å². The Morgan fingerprint density at radius 3 is 2.23 bits per heavy atom. The van der Waals surface area contributed by atoms with Crippen LogP contribution in [-0.4, -0.2) is 53.5 Å². The maximum Gasteiger partial charge on any atom is 0.233 e. The number of aliphatic hydroxyl groups is 1. The first-order valence-corrected chi connectivity index (χ1v) is 8.31. The molecule has 0 aromatic rings. The number of hydrogen-bond donors (Lipinski definition) is 3. The Morgan fingerprint density at radius 1 is 1.35 bits per heavy atom. The average Bonchev–Trinajstić information content (AvgIpc) is 2.87. The third-order valence-corrected chi connectivity index (χ3v) is 4.71. The number of aliphatic hydroxyl groups excluding tert-OH is 1. The molecule has 1 aliphatic heterocycles. The summed E-state index contributed by atoms with van der Waals surface area (Å²) in [6.45, 7) is 5.43. The number of carbonyl (C=O) groups is 4. The Kier molecular flexibility index (Phi) is 13.4. The van der Waals surface area contributed by atoms with Gasteiger partial charge in [0, 0.05) is 40.5 Å². The van der Waals surface area contributed by atoms with Gasteiger partial charge in [-0.1, -0.05) is 27.3 Å². The molecular weight excluding hydrogens is 512 g/mol. The van der Waals surface area contributed by atoms with Crippen molar-refractivity contribution in [3.05, 3.63) is 5.73 Å². The molecule has 0 radical (unpaired) electrons. The van der Waals surface area contributed by atoms with E-state index in [1.807, 2.05) is 20.8 Å². The molecule has 0 aromatic carbocycles. The van der Waals surface area contributed by atoms with E-state index < -0.39 is 12.6 Å². The topological polar surface area (TPSA) is 154 Å². The summed E-state index contributed by atoms with van der Waals surface area (Å²) in [6.07, 6.45) is 1.94. The Morgan fingerprint density at radius 2 is 1.85 bits per heavy atom. The number of carbonyl (C=O) groups excluding carboxylic acids is 4. The molecule has 0 aromatic heterocycles. The van der Waals surface area contributed by atoms with Crippen LogP contribution in [0.3, 0.4) is 0 Å². The van der Waals surface area contributed by atoms with Gasteiger partial charge in [0.2, 0.25) is 17.7 Å². The minimum atomic E-state index is -0.579. The summed E-state index contributed by atoms with van der Waals surface area (Å²) in [6, 6.07) is 0. The van der Waals surface area contributed by atoms with E-state index in [1.165, 1.54) is 4.90 Å². The molecule has 1 fully saturated rings. The average molecular weight is 541 g/mol. The van der Waals surface area contributed by atoms with Crippen LogP contribution in [0.5, 0.6) is 0 Å². The number of nitrogens with one attached hydrogen (secondary N) is 2. The Bertz CT molecular complexity index is 497. The largest absolute Gasteiger partial charge is 0.670 e. The van der Waals surface area contributed by atoms with Gasteiger partial charge >= 0.3 is 0 Å². The van der Waals surface area contributed by atoms with Crippen LogP contribution >= 0.6 is 0 Å². The van der Waals surface area contributed by atoms with E-state index in [4.69, 9.17) is 10.8 Å². The van der Waals surface area contributed by atoms with Crippen LogP contribution in [0.2, 0.25) is 0 Å².